The van der Waals surface area contributed by atoms with E-state index >= 15 is 0 Å². The van der Waals surface area contributed by atoms with Gasteiger partial charge in [0, 0.05) is 15.6 Å². The molecule has 10 heteroatoms. The van der Waals surface area contributed by atoms with Crippen LogP contribution in [0.4, 0.5) is 0 Å². The third-order valence-corrected chi connectivity index (χ3v) is 7.12. The number of hydrogen-bond acceptors (Lipinski definition) is 7. The Morgan fingerprint density at radius 2 is 1.97 bits per heavy atom. The highest BCUT2D eigenvalue weighted by molar-refractivity contribution is 7.07. The van der Waals surface area contributed by atoms with E-state index in [1.165, 1.54) is 23.0 Å². The zero-order chi connectivity index (χ0) is 26.0. The normalized spacial score (nSPS) is 15.4. The molecule has 1 aliphatic heterocycles. The van der Waals surface area contributed by atoms with E-state index in [0.29, 0.717) is 54.3 Å². The Labute approximate surface area is 221 Å². The Balaban J connectivity index is 2.03. The summed E-state index contributed by atoms with van der Waals surface area (Å²) in [6.45, 7) is 5.85. The quantitative estimate of drug-likeness (QED) is 0.407. The van der Waals surface area contributed by atoms with E-state index in [9.17, 15) is 9.59 Å². The number of ether oxygens (including phenoxy) is 3. The molecule has 36 heavy (non-hydrogen) atoms. The van der Waals surface area contributed by atoms with Crippen molar-refractivity contribution < 1.29 is 19.0 Å². The molecule has 7 nitrogen and oxygen atoms in total. The van der Waals surface area contributed by atoms with Gasteiger partial charge in [0.1, 0.15) is 6.04 Å². The topological polar surface area (TPSA) is 79.1 Å². The van der Waals surface area contributed by atoms with Gasteiger partial charge in [-0.1, -0.05) is 52.7 Å². The van der Waals surface area contributed by atoms with Crippen LogP contribution in [0.1, 0.15) is 37.9 Å². The number of methoxy groups -OCH3 is 1. The summed E-state index contributed by atoms with van der Waals surface area (Å²) in [5, 5.41) is 0.912. The summed E-state index contributed by atoms with van der Waals surface area (Å²) in [4.78, 5) is 32.0. The summed E-state index contributed by atoms with van der Waals surface area (Å²) in [5.74, 6) is 0.380. The average molecular weight is 547 g/mol. The minimum atomic E-state index is -0.834. The SMILES string of the molecule is CCOC(=O)C1=C(C)N=c2s/c(=C\c3ccc(Cl)cc3Cl)c(=O)n2[C@@H]1c1cccc(OC)c1OCC. The highest BCUT2D eigenvalue weighted by atomic mass is 35.5. The lowest BCUT2D eigenvalue weighted by molar-refractivity contribution is -0.139. The van der Waals surface area contributed by atoms with Crippen LogP contribution in [0.5, 0.6) is 11.5 Å². The zero-order valence-electron chi connectivity index (χ0n) is 20.1. The molecule has 0 amide bonds. The number of esters is 1. The van der Waals surface area contributed by atoms with Gasteiger partial charge in [-0.3, -0.25) is 9.36 Å². The number of rotatable bonds is 7. The molecular weight excluding hydrogens is 523 g/mol. The van der Waals surface area contributed by atoms with Gasteiger partial charge in [0.15, 0.2) is 16.3 Å². The van der Waals surface area contributed by atoms with Crippen molar-refractivity contribution in [3.05, 3.63) is 88.5 Å². The third kappa shape index (κ3) is 4.81. The van der Waals surface area contributed by atoms with E-state index in [4.69, 9.17) is 37.4 Å². The lowest BCUT2D eigenvalue weighted by Crippen LogP contribution is -2.40. The molecule has 0 bridgehead atoms. The number of thiazole rings is 1. The second kappa shape index (κ2) is 10.9. The molecule has 2 heterocycles. The van der Waals surface area contributed by atoms with Crippen LogP contribution in [0.2, 0.25) is 10.0 Å². The Hall–Kier alpha value is -3.07. The van der Waals surface area contributed by atoms with Crippen LogP contribution in [-0.4, -0.2) is 30.9 Å². The van der Waals surface area contributed by atoms with Crippen molar-refractivity contribution in [3.8, 4) is 11.5 Å². The predicted octanol–water partition coefficient (Wildman–Crippen LogP) is 4.51. The Kier molecular flexibility index (Phi) is 7.88. The number of nitrogens with zero attached hydrogens (tertiary/aromatic N) is 2. The van der Waals surface area contributed by atoms with Gasteiger partial charge in [-0.05, 0) is 50.6 Å². The van der Waals surface area contributed by atoms with Gasteiger partial charge in [0.2, 0.25) is 0 Å². The third-order valence-electron chi connectivity index (χ3n) is 5.58. The first-order valence-corrected chi connectivity index (χ1v) is 12.8. The standard InChI is InChI=1S/C26H24Cl2N2O5S/c1-5-34-23-17(8-7-9-19(23)33-4)22-21(25(32)35-6-2)14(3)29-26-30(22)24(31)20(36-26)12-15-10-11-16(27)13-18(15)28/h7-13,22H,5-6H2,1-4H3/b20-12-/t22-/m1/s1. The molecular formula is C26H24Cl2N2O5S. The van der Waals surface area contributed by atoms with Gasteiger partial charge in [0.05, 0.1) is 36.1 Å². The van der Waals surface area contributed by atoms with Crippen LogP contribution in [0.3, 0.4) is 0 Å². The van der Waals surface area contributed by atoms with Gasteiger partial charge in [0.25, 0.3) is 5.56 Å². The number of aromatic nitrogens is 1. The molecule has 1 aromatic heterocycles. The highest BCUT2D eigenvalue weighted by Gasteiger charge is 2.36. The molecule has 0 aliphatic carbocycles. The number of benzene rings is 2. The van der Waals surface area contributed by atoms with E-state index in [1.807, 2.05) is 13.0 Å². The summed E-state index contributed by atoms with van der Waals surface area (Å²) in [7, 11) is 1.54. The molecule has 1 aliphatic rings. The second-order valence-electron chi connectivity index (χ2n) is 7.78. The summed E-state index contributed by atoms with van der Waals surface area (Å²) in [5.41, 5.74) is 1.62. The monoisotopic (exact) mass is 546 g/mol. The lowest BCUT2D eigenvalue weighted by Gasteiger charge is -2.26. The van der Waals surface area contributed by atoms with Crippen molar-refractivity contribution in [1.82, 2.24) is 4.57 Å². The first-order valence-electron chi connectivity index (χ1n) is 11.2. The smallest absolute Gasteiger partial charge is 0.338 e. The van der Waals surface area contributed by atoms with Crippen molar-refractivity contribution in [2.24, 2.45) is 4.99 Å². The molecule has 188 valence electrons. The second-order valence-corrected chi connectivity index (χ2v) is 9.63. The molecule has 2 aromatic carbocycles. The maximum atomic E-state index is 13.8. The van der Waals surface area contributed by atoms with Crippen LogP contribution >= 0.6 is 34.5 Å². The number of allylic oxidation sites excluding steroid dienone is 1. The molecule has 0 radical (unpaired) electrons. The number of carbonyl (C=O) groups is 1. The highest BCUT2D eigenvalue weighted by Crippen LogP contribution is 2.40. The van der Waals surface area contributed by atoms with Crippen molar-refractivity contribution in [2.75, 3.05) is 20.3 Å². The van der Waals surface area contributed by atoms with E-state index in [0.717, 1.165) is 0 Å². The van der Waals surface area contributed by atoms with Crippen LogP contribution < -0.4 is 24.4 Å². The summed E-state index contributed by atoms with van der Waals surface area (Å²) >= 11 is 13.6. The van der Waals surface area contributed by atoms with E-state index in [-0.39, 0.29) is 17.7 Å². The fraction of sp³-hybridized carbons (Fsp3) is 0.269. The van der Waals surface area contributed by atoms with Crippen LogP contribution in [0, 0.1) is 0 Å². The summed E-state index contributed by atoms with van der Waals surface area (Å²) in [6.07, 6.45) is 1.69. The maximum absolute atomic E-state index is 13.8. The van der Waals surface area contributed by atoms with E-state index in [1.54, 1.807) is 50.3 Å². The minimum Gasteiger partial charge on any atom is -0.493 e. The maximum Gasteiger partial charge on any atom is 0.338 e. The number of carbonyl (C=O) groups excluding carboxylic acids is 1. The Morgan fingerprint density at radius 3 is 2.64 bits per heavy atom. The van der Waals surface area contributed by atoms with Gasteiger partial charge >= 0.3 is 5.97 Å². The van der Waals surface area contributed by atoms with Gasteiger partial charge in [-0.2, -0.15) is 0 Å². The summed E-state index contributed by atoms with van der Waals surface area (Å²) in [6, 6.07) is 9.59. The van der Waals surface area contributed by atoms with Crippen molar-refractivity contribution in [1.29, 1.82) is 0 Å². The first kappa shape index (κ1) is 26.0. The largest absolute Gasteiger partial charge is 0.493 e. The predicted molar refractivity (Wildman–Crippen MR) is 141 cm³/mol. The molecule has 4 rings (SSSR count). The molecule has 0 N–H and O–H groups in total. The first-order chi connectivity index (χ1) is 17.3. The summed E-state index contributed by atoms with van der Waals surface area (Å²) < 4.78 is 18.7. The van der Waals surface area contributed by atoms with Gasteiger partial charge in [-0.15, -0.1) is 0 Å². The fourth-order valence-electron chi connectivity index (χ4n) is 4.05. The Bertz CT molecular complexity index is 1540. The van der Waals surface area contributed by atoms with Crippen molar-refractivity contribution in [3.63, 3.8) is 0 Å². The molecule has 1 atom stereocenters. The fourth-order valence-corrected chi connectivity index (χ4v) is 5.55. The number of fused-ring (bicyclic) bond motifs is 1. The van der Waals surface area contributed by atoms with Crippen LogP contribution in [-0.2, 0) is 9.53 Å². The minimum absolute atomic E-state index is 0.179. The molecule has 0 unspecified atom stereocenters. The molecule has 0 spiro atoms. The number of para-hydroxylation sites is 1. The van der Waals surface area contributed by atoms with Crippen molar-refractivity contribution in [2.45, 2.75) is 26.8 Å². The molecule has 3 aromatic rings. The average Bonchev–Trinajstić information content (AvgIpc) is 3.15. The van der Waals surface area contributed by atoms with E-state index in [2.05, 4.69) is 4.99 Å². The molecule has 0 fully saturated rings. The lowest BCUT2D eigenvalue weighted by atomic mass is 9.94. The number of halogens is 2. The Morgan fingerprint density at radius 1 is 1.19 bits per heavy atom. The van der Waals surface area contributed by atoms with Gasteiger partial charge in [-0.25, -0.2) is 9.79 Å². The number of hydrogen-bond donors (Lipinski definition) is 0. The van der Waals surface area contributed by atoms with Gasteiger partial charge < -0.3 is 14.2 Å². The molecule has 0 saturated carbocycles. The van der Waals surface area contributed by atoms with E-state index < -0.39 is 12.0 Å². The van der Waals surface area contributed by atoms with Crippen LogP contribution in [0.25, 0.3) is 6.08 Å². The van der Waals surface area contributed by atoms with Crippen molar-refractivity contribution >= 4 is 46.6 Å². The van der Waals surface area contributed by atoms with Crippen LogP contribution in [0.15, 0.2) is 57.5 Å². The molecule has 0 saturated heterocycles. The zero-order valence-corrected chi connectivity index (χ0v) is 22.5.